The number of alkyl halides is 1. The van der Waals surface area contributed by atoms with Crippen molar-refractivity contribution >= 4 is 17.7 Å². The topological polar surface area (TPSA) is 29.5 Å². The Kier molecular flexibility index (Phi) is 2.57. The second-order valence-corrected chi connectivity index (χ2v) is 2.11. The first kappa shape index (κ1) is 7.41. The molecule has 1 rings (SSSR count). The van der Waals surface area contributed by atoms with Gasteiger partial charge in [0.25, 0.3) is 0 Å². The van der Waals surface area contributed by atoms with Crippen LogP contribution in [0.2, 0.25) is 0 Å². The van der Waals surface area contributed by atoms with Crippen molar-refractivity contribution in [3.8, 4) is 0 Å². The lowest BCUT2D eigenvalue weighted by Gasteiger charge is -2.12. The molecule has 0 N–H and O–H groups in total. The minimum Gasteiger partial charge on any atom is -0.433 e. The van der Waals surface area contributed by atoms with E-state index in [1.165, 1.54) is 0 Å². The minimum atomic E-state index is -0.347. The molecule has 1 aliphatic heterocycles. The quantitative estimate of drug-likeness (QED) is 0.427. The maximum absolute atomic E-state index is 10.8. The minimum absolute atomic E-state index is 0.0741. The molecule has 56 valence electrons. The number of carbonyl (C=O) groups excluding carboxylic acids is 1. The van der Waals surface area contributed by atoms with Crippen LogP contribution in [0.25, 0.3) is 0 Å². The lowest BCUT2D eigenvalue weighted by molar-refractivity contribution is 0.128. The van der Waals surface area contributed by atoms with Crippen LogP contribution in [-0.2, 0) is 4.74 Å². The molecule has 0 aliphatic carbocycles. The predicted octanol–water partition coefficient (Wildman–Crippen LogP) is 1.19. The molecular formula is C6H8ClNO2. The van der Waals surface area contributed by atoms with E-state index in [0.717, 1.165) is 0 Å². The van der Waals surface area contributed by atoms with Crippen LogP contribution in [0.4, 0.5) is 4.79 Å². The van der Waals surface area contributed by atoms with Gasteiger partial charge in [0, 0.05) is 13.1 Å². The summed E-state index contributed by atoms with van der Waals surface area (Å²) in [5.74, 6) is 0. The summed E-state index contributed by atoms with van der Waals surface area (Å²) in [5, 5.41) is 0. The first-order valence-electron chi connectivity index (χ1n) is 2.97. The van der Waals surface area contributed by atoms with Crippen LogP contribution in [0.1, 0.15) is 0 Å². The highest BCUT2D eigenvalue weighted by Crippen LogP contribution is 2.01. The molecule has 4 heteroatoms. The van der Waals surface area contributed by atoms with E-state index in [9.17, 15) is 4.79 Å². The van der Waals surface area contributed by atoms with Crippen molar-refractivity contribution in [1.29, 1.82) is 0 Å². The molecule has 0 fully saturated rings. The van der Waals surface area contributed by atoms with E-state index in [1.54, 1.807) is 4.90 Å². The highest BCUT2D eigenvalue weighted by atomic mass is 35.5. The molecule has 0 saturated carbocycles. The number of rotatable bonds is 1. The van der Waals surface area contributed by atoms with Crippen molar-refractivity contribution in [1.82, 2.24) is 4.90 Å². The van der Waals surface area contributed by atoms with Crippen LogP contribution < -0.4 is 0 Å². The molecule has 0 saturated heterocycles. The molecule has 1 heterocycles. The highest BCUT2D eigenvalue weighted by Gasteiger charge is 2.14. The van der Waals surface area contributed by atoms with Gasteiger partial charge in [0.15, 0.2) is 6.07 Å². The van der Waals surface area contributed by atoms with Gasteiger partial charge in [-0.1, -0.05) is 23.8 Å². The second kappa shape index (κ2) is 3.46. The Morgan fingerprint density at radius 2 is 2.20 bits per heavy atom. The van der Waals surface area contributed by atoms with Gasteiger partial charge in [-0.2, -0.15) is 0 Å². The van der Waals surface area contributed by atoms with E-state index in [1.807, 2.05) is 12.2 Å². The lowest BCUT2D eigenvalue weighted by Crippen LogP contribution is -2.28. The summed E-state index contributed by atoms with van der Waals surface area (Å²) in [6.07, 6.45) is 3.48. The summed E-state index contributed by atoms with van der Waals surface area (Å²) in [7, 11) is 0. The monoisotopic (exact) mass is 161 g/mol. The van der Waals surface area contributed by atoms with Gasteiger partial charge in [0.05, 0.1) is 0 Å². The van der Waals surface area contributed by atoms with E-state index in [-0.39, 0.29) is 12.2 Å². The number of halogens is 1. The predicted molar refractivity (Wildman–Crippen MR) is 37.9 cm³/mol. The molecule has 0 unspecified atom stereocenters. The third-order valence-electron chi connectivity index (χ3n) is 1.25. The highest BCUT2D eigenvalue weighted by molar-refractivity contribution is 6.17. The summed E-state index contributed by atoms with van der Waals surface area (Å²) in [6, 6.07) is -0.0741. The van der Waals surface area contributed by atoms with Gasteiger partial charge >= 0.3 is 6.09 Å². The summed E-state index contributed by atoms with van der Waals surface area (Å²) in [5.41, 5.74) is 0. The summed E-state index contributed by atoms with van der Waals surface area (Å²) >= 11 is 5.18. The van der Waals surface area contributed by atoms with E-state index in [4.69, 9.17) is 11.6 Å². The molecule has 0 aromatic rings. The smallest absolute Gasteiger partial charge is 0.411 e. The number of ether oxygens (including phenoxy) is 1. The van der Waals surface area contributed by atoms with Gasteiger partial charge in [0.2, 0.25) is 0 Å². The summed E-state index contributed by atoms with van der Waals surface area (Å²) < 4.78 is 4.54. The SMILES string of the molecule is O=C(OCCl)N1CC=CC1. The molecule has 0 radical (unpaired) electrons. The Balaban J connectivity index is 2.28. The first-order valence-corrected chi connectivity index (χ1v) is 3.50. The van der Waals surface area contributed by atoms with Gasteiger partial charge in [-0.15, -0.1) is 0 Å². The molecule has 10 heavy (non-hydrogen) atoms. The standard InChI is InChI=1S/C6H8ClNO2/c7-5-10-6(9)8-3-1-2-4-8/h1-2H,3-5H2. The zero-order valence-corrected chi connectivity index (χ0v) is 6.17. The Labute approximate surface area is 64.2 Å². The average molecular weight is 162 g/mol. The molecule has 3 nitrogen and oxygen atoms in total. The maximum atomic E-state index is 10.8. The van der Waals surface area contributed by atoms with Crippen molar-refractivity contribution in [2.75, 3.05) is 19.2 Å². The molecule has 0 aromatic heterocycles. The fourth-order valence-corrected chi connectivity index (χ4v) is 0.858. The number of hydrogen-bond acceptors (Lipinski definition) is 2. The maximum Gasteiger partial charge on any atom is 0.411 e. The molecule has 0 atom stereocenters. The molecule has 0 spiro atoms. The average Bonchev–Trinajstić information content (AvgIpc) is 2.38. The molecular weight excluding hydrogens is 154 g/mol. The van der Waals surface area contributed by atoms with Gasteiger partial charge in [-0.05, 0) is 0 Å². The van der Waals surface area contributed by atoms with Crippen LogP contribution in [0.5, 0.6) is 0 Å². The van der Waals surface area contributed by atoms with Crippen LogP contribution >= 0.6 is 11.6 Å². The van der Waals surface area contributed by atoms with Crippen molar-refractivity contribution in [2.45, 2.75) is 0 Å². The van der Waals surface area contributed by atoms with Gasteiger partial charge in [-0.25, -0.2) is 4.79 Å². The Morgan fingerprint density at radius 1 is 1.60 bits per heavy atom. The van der Waals surface area contributed by atoms with Crippen molar-refractivity contribution in [3.05, 3.63) is 12.2 Å². The van der Waals surface area contributed by atoms with Gasteiger partial charge in [0.1, 0.15) is 0 Å². The third-order valence-corrected chi connectivity index (χ3v) is 1.36. The number of nitrogens with zero attached hydrogens (tertiary/aromatic N) is 1. The van der Waals surface area contributed by atoms with Crippen molar-refractivity contribution < 1.29 is 9.53 Å². The van der Waals surface area contributed by atoms with Gasteiger partial charge < -0.3 is 9.64 Å². The van der Waals surface area contributed by atoms with Crippen LogP contribution in [0.3, 0.4) is 0 Å². The summed E-state index contributed by atoms with van der Waals surface area (Å²) in [4.78, 5) is 12.4. The second-order valence-electron chi connectivity index (χ2n) is 1.90. The Hall–Kier alpha value is -0.700. The zero-order chi connectivity index (χ0) is 7.40. The van der Waals surface area contributed by atoms with Crippen LogP contribution in [0.15, 0.2) is 12.2 Å². The zero-order valence-electron chi connectivity index (χ0n) is 5.42. The normalized spacial score (nSPS) is 15.9. The third kappa shape index (κ3) is 1.64. The molecule has 1 amide bonds. The van der Waals surface area contributed by atoms with E-state index in [2.05, 4.69) is 4.74 Å². The Morgan fingerprint density at radius 3 is 2.70 bits per heavy atom. The molecule has 1 aliphatic rings. The van der Waals surface area contributed by atoms with Crippen LogP contribution in [-0.4, -0.2) is 30.1 Å². The molecule has 0 aromatic carbocycles. The fraction of sp³-hybridized carbons (Fsp3) is 0.500. The first-order chi connectivity index (χ1) is 4.84. The van der Waals surface area contributed by atoms with Crippen molar-refractivity contribution in [2.24, 2.45) is 0 Å². The van der Waals surface area contributed by atoms with Crippen molar-refractivity contribution in [3.63, 3.8) is 0 Å². The van der Waals surface area contributed by atoms with E-state index >= 15 is 0 Å². The fourth-order valence-electron chi connectivity index (χ4n) is 0.765. The molecule has 0 bridgehead atoms. The van der Waals surface area contributed by atoms with Gasteiger partial charge in [-0.3, -0.25) is 0 Å². The van der Waals surface area contributed by atoms with E-state index < -0.39 is 0 Å². The number of carbonyl (C=O) groups is 1. The number of hydrogen-bond donors (Lipinski definition) is 0. The Bertz CT molecular complexity index is 150. The number of amides is 1. The van der Waals surface area contributed by atoms with Crippen LogP contribution in [0, 0.1) is 0 Å². The lowest BCUT2D eigenvalue weighted by atomic mass is 10.6. The van der Waals surface area contributed by atoms with E-state index in [0.29, 0.717) is 13.1 Å². The largest absolute Gasteiger partial charge is 0.433 e. The summed E-state index contributed by atoms with van der Waals surface area (Å²) in [6.45, 7) is 1.27.